The maximum atomic E-state index is 6.08. The summed E-state index contributed by atoms with van der Waals surface area (Å²) in [5.74, 6) is 0.879. The van der Waals surface area contributed by atoms with E-state index in [9.17, 15) is 0 Å². The van der Waals surface area contributed by atoms with Gasteiger partial charge in [0.05, 0.1) is 10.6 Å². The molecule has 2 aromatic heterocycles. The van der Waals surface area contributed by atoms with Crippen LogP contribution in [0.3, 0.4) is 0 Å². The van der Waals surface area contributed by atoms with E-state index in [1.54, 1.807) is 29.4 Å². The minimum Gasteiger partial charge on any atom is -0.467 e. The summed E-state index contributed by atoms with van der Waals surface area (Å²) in [5, 5.41) is 3.57. The lowest BCUT2D eigenvalue weighted by Gasteiger charge is -2.18. The van der Waals surface area contributed by atoms with Crippen LogP contribution >= 0.6 is 34.7 Å². The summed E-state index contributed by atoms with van der Waals surface area (Å²) in [4.78, 5) is 2.34. The van der Waals surface area contributed by atoms with E-state index in [1.807, 2.05) is 36.4 Å². The van der Waals surface area contributed by atoms with E-state index in [0.717, 1.165) is 20.7 Å². The molecule has 0 radical (unpaired) electrons. The van der Waals surface area contributed by atoms with E-state index >= 15 is 0 Å². The van der Waals surface area contributed by atoms with Gasteiger partial charge in [0.1, 0.15) is 11.8 Å². The zero-order valence-electron chi connectivity index (χ0n) is 11.4. The molecule has 0 bridgehead atoms. The third-order valence-corrected chi connectivity index (χ3v) is 5.20. The van der Waals surface area contributed by atoms with Gasteiger partial charge in [0.25, 0.3) is 0 Å². The van der Waals surface area contributed by atoms with Crippen LogP contribution in [-0.4, -0.2) is 6.26 Å². The molecule has 0 aliphatic rings. The second kappa shape index (κ2) is 6.60. The number of hydrogen-bond donors (Lipinski definition) is 1. The number of thiophene rings is 1. The van der Waals surface area contributed by atoms with E-state index in [4.69, 9.17) is 16.0 Å². The van der Waals surface area contributed by atoms with Crippen LogP contribution in [0.2, 0.25) is 4.34 Å². The second-order valence-corrected chi connectivity index (χ2v) is 7.03. The Hall–Kier alpha value is -1.36. The van der Waals surface area contributed by atoms with Gasteiger partial charge in [0.2, 0.25) is 0 Å². The molecule has 3 aromatic rings. The maximum Gasteiger partial charge on any atom is 0.131 e. The summed E-state index contributed by atoms with van der Waals surface area (Å²) >= 11 is 9.37. The van der Waals surface area contributed by atoms with Crippen molar-refractivity contribution in [3.8, 4) is 0 Å². The highest BCUT2D eigenvalue weighted by molar-refractivity contribution is 7.98. The Morgan fingerprint density at radius 2 is 2.00 bits per heavy atom. The largest absolute Gasteiger partial charge is 0.467 e. The number of furan rings is 1. The average molecular weight is 336 g/mol. The quantitative estimate of drug-likeness (QED) is 0.586. The Balaban J connectivity index is 1.97. The van der Waals surface area contributed by atoms with Crippen molar-refractivity contribution >= 4 is 40.4 Å². The van der Waals surface area contributed by atoms with E-state index in [2.05, 4.69) is 23.7 Å². The molecule has 0 saturated heterocycles. The van der Waals surface area contributed by atoms with Crippen LogP contribution in [0.15, 0.2) is 64.1 Å². The van der Waals surface area contributed by atoms with Crippen molar-refractivity contribution in [1.82, 2.24) is 0 Å². The normalized spacial score (nSPS) is 12.3. The van der Waals surface area contributed by atoms with Crippen LogP contribution in [0.25, 0.3) is 0 Å². The molecule has 0 aliphatic carbocycles. The Morgan fingerprint density at radius 1 is 1.14 bits per heavy atom. The van der Waals surface area contributed by atoms with Gasteiger partial charge in [-0.25, -0.2) is 0 Å². The van der Waals surface area contributed by atoms with Crippen LogP contribution in [0.4, 0.5) is 5.69 Å². The van der Waals surface area contributed by atoms with Crippen molar-refractivity contribution in [2.75, 3.05) is 11.6 Å². The minimum atomic E-state index is -0.0363. The summed E-state index contributed by atoms with van der Waals surface area (Å²) in [6.45, 7) is 0. The molecule has 1 N–H and O–H groups in total. The standard InChI is InChI=1S/C16H14ClNOS2/c1-20-13-7-3-2-5-11(13)18-16(12-6-4-10-19-12)14-8-9-15(17)21-14/h2-10,16,18H,1H3. The second-order valence-electron chi connectivity index (χ2n) is 4.43. The molecule has 2 nitrogen and oxygen atoms in total. The van der Waals surface area contributed by atoms with Gasteiger partial charge >= 0.3 is 0 Å². The molecule has 0 amide bonds. The highest BCUT2D eigenvalue weighted by Crippen LogP contribution is 2.36. The zero-order chi connectivity index (χ0) is 14.7. The molecule has 1 unspecified atom stereocenters. The van der Waals surface area contributed by atoms with E-state index < -0.39 is 0 Å². The van der Waals surface area contributed by atoms with Crippen molar-refractivity contribution in [1.29, 1.82) is 0 Å². The van der Waals surface area contributed by atoms with Crippen LogP contribution in [0, 0.1) is 0 Å². The molecule has 0 spiro atoms. The Labute approximate surface area is 137 Å². The highest BCUT2D eigenvalue weighted by atomic mass is 35.5. The monoisotopic (exact) mass is 335 g/mol. The SMILES string of the molecule is CSc1ccccc1NC(c1ccco1)c1ccc(Cl)s1. The van der Waals surface area contributed by atoms with Crippen molar-refractivity contribution in [3.63, 3.8) is 0 Å². The molecule has 0 saturated carbocycles. The lowest BCUT2D eigenvalue weighted by atomic mass is 10.1. The lowest BCUT2D eigenvalue weighted by Crippen LogP contribution is -2.10. The van der Waals surface area contributed by atoms with Crippen LogP contribution in [-0.2, 0) is 0 Å². The number of benzene rings is 1. The number of halogens is 1. The molecular formula is C16H14ClNOS2. The number of thioether (sulfide) groups is 1. The van der Waals surface area contributed by atoms with Gasteiger partial charge in [0, 0.05) is 15.5 Å². The van der Waals surface area contributed by atoms with Gasteiger partial charge < -0.3 is 9.73 Å². The van der Waals surface area contributed by atoms with Gasteiger partial charge in [-0.3, -0.25) is 0 Å². The van der Waals surface area contributed by atoms with Gasteiger partial charge in [-0.2, -0.15) is 0 Å². The Bertz CT molecular complexity index is 709. The topological polar surface area (TPSA) is 25.2 Å². The summed E-state index contributed by atoms with van der Waals surface area (Å²) in [6, 6.07) is 16.1. The fourth-order valence-corrected chi connectivity index (χ4v) is 3.82. The average Bonchev–Trinajstić information content (AvgIpc) is 3.17. The molecule has 2 heterocycles. The summed E-state index contributed by atoms with van der Waals surface area (Å²) in [7, 11) is 0. The van der Waals surface area contributed by atoms with E-state index in [-0.39, 0.29) is 6.04 Å². The summed E-state index contributed by atoms with van der Waals surface area (Å²) in [6.07, 6.45) is 3.77. The molecular weight excluding hydrogens is 322 g/mol. The number of rotatable bonds is 5. The fourth-order valence-electron chi connectivity index (χ4n) is 2.14. The van der Waals surface area contributed by atoms with Crippen molar-refractivity contribution < 1.29 is 4.42 Å². The fraction of sp³-hybridized carbons (Fsp3) is 0.125. The van der Waals surface area contributed by atoms with Crippen LogP contribution in [0.5, 0.6) is 0 Å². The maximum absolute atomic E-state index is 6.08. The first-order valence-corrected chi connectivity index (χ1v) is 8.88. The summed E-state index contributed by atoms with van der Waals surface area (Å²) < 4.78 is 6.38. The zero-order valence-corrected chi connectivity index (χ0v) is 13.8. The first kappa shape index (κ1) is 14.6. The van der Waals surface area contributed by atoms with E-state index in [0.29, 0.717) is 0 Å². The van der Waals surface area contributed by atoms with E-state index in [1.165, 1.54) is 4.90 Å². The molecule has 5 heteroatoms. The molecule has 1 aromatic carbocycles. The Kier molecular flexibility index (Phi) is 4.58. The first-order valence-electron chi connectivity index (χ1n) is 6.46. The number of nitrogens with one attached hydrogen (secondary N) is 1. The summed E-state index contributed by atoms with van der Waals surface area (Å²) in [5.41, 5.74) is 1.09. The first-order chi connectivity index (χ1) is 10.3. The number of para-hydroxylation sites is 1. The van der Waals surface area contributed by atoms with Gasteiger partial charge in [0.15, 0.2) is 0 Å². The predicted octanol–water partition coefficient (Wildman–Crippen LogP) is 5.92. The van der Waals surface area contributed by atoms with Gasteiger partial charge in [-0.05, 0) is 42.7 Å². The van der Waals surface area contributed by atoms with Gasteiger partial charge in [-0.1, -0.05) is 23.7 Å². The third-order valence-electron chi connectivity index (χ3n) is 3.11. The predicted molar refractivity (Wildman–Crippen MR) is 91.7 cm³/mol. The van der Waals surface area contributed by atoms with Crippen LogP contribution < -0.4 is 5.32 Å². The minimum absolute atomic E-state index is 0.0363. The molecule has 0 fully saturated rings. The van der Waals surface area contributed by atoms with Crippen molar-refractivity contribution in [2.24, 2.45) is 0 Å². The lowest BCUT2D eigenvalue weighted by molar-refractivity contribution is 0.500. The smallest absolute Gasteiger partial charge is 0.131 e. The Morgan fingerprint density at radius 3 is 2.67 bits per heavy atom. The van der Waals surface area contributed by atoms with Gasteiger partial charge in [-0.15, -0.1) is 23.1 Å². The van der Waals surface area contributed by atoms with Crippen LogP contribution in [0.1, 0.15) is 16.7 Å². The molecule has 21 heavy (non-hydrogen) atoms. The highest BCUT2D eigenvalue weighted by Gasteiger charge is 2.19. The molecule has 0 aliphatic heterocycles. The molecule has 3 rings (SSSR count). The molecule has 108 valence electrons. The third kappa shape index (κ3) is 3.28. The molecule has 1 atom stereocenters. The number of anilines is 1. The number of hydrogen-bond acceptors (Lipinski definition) is 4. The van der Waals surface area contributed by atoms with Crippen molar-refractivity contribution in [2.45, 2.75) is 10.9 Å². The van der Waals surface area contributed by atoms with Crippen molar-refractivity contribution in [3.05, 3.63) is 69.8 Å².